The SMILES string of the molecule is CC[N+](CC)(CCOC(=O)Nc1ccc(Cc2ccc(OC#N)cc2)cc1)CCS(=O)(=O)O. The van der Waals surface area contributed by atoms with Gasteiger partial charge in [-0.3, -0.25) is 9.87 Å². The molecule has 0 aromatic heterocycles. The van der Waals surface area contributed by atoms with Crippen LogP contribution in [0.2, 0.25) is 0 Å². The smallest absolute Gasteiger partial charge is 0.411 e. The zero-order valence-corrected chi connectivity index (χ0v) is 19.7. The van der Waals surface area contributed by atoms with Gasteiger partial charge in [0.1, 0.15) is 24.7 Å². The molecule has 2 aromatic rings. The Morgan fingerprint density at radius 1 is 1.03 bits per heavy atom. The Balaban J connectivity index is 1.83. The number of nitrogens with zero attached hydrogens (tertiary/aromatic N) is 2. The van der Waals surface area contributed by atoms with E-state index in [1.54, 1.807) is 30.5 Å². The second-order valence-corrected chi connectivity index (χ2v) is 9.25. The Morgan fingerprint density at radius 2 is 1.61 bits per heavy atom. The molecule has 2 rings (SSSR count). The number of carbonyl (C=O) groups excluding carboxylic acids is 1. The first kappa shape index (κ1) is 26.1. The predicted octanol–water partition coefficient (Wildman–Crippen LogP) is 3.43. The van der Waals surface area contributed by atoms with Crippen molar-refractivity contribution in [2.75, 3.05) is 43.9 Å². The van der Waals surface area contributed by atoms with Crippen LogP contribution in [0.1, 0.15) is 25.0 Å². The highest BCUT2D eigenvalue weighted by Crippen LogP contribution is 2.17. The molecule has 0 heterocycles. The molecule has 0 aliphatic heterocycles. The first-order chi connectivity index (χ1) is 15.7. The van der Waals surface area contributed by atoms with Gasteiger partial charge < -0.3 is 14.0 Å². The number of nitrogens with one attached hydrogen (secondary N) is 1. The minimum Gasteiger partial charge on any atom is -0.443 e. The molecule has 9 nitrogen and oxygen atoms in total. The molecular formula is C23H30N3O6S+. The van der Waals surface area contributed by atoms with Gasteiger partial charge in [-0.25, -0.2) is 4.79 Å². The predicted molar refractivity (Wildman–Crippen MR) is 124 cm³/mol. The van der Waals surface area contributed by atoms with Gasteiger partial charge in [0.15, 0.2) is 0 Å². The van der Waals surface area contributed by atoms with Crippen molar-refractivity contribution < 1.29 is 31.7 Å². The lowest BCUT2D eigenvalue weighted by molar-refractivity contribution is -0.922. The van der Waals surface area contributed by atoms with Crippen molar-refractivity contribution in [3.8, 4) is 12.0 Å². The van der Waals surface area contributed by atoms with Crippen molar-refractivity contribution in [1.29, 1.82) is 5.26 Å². The van der Waals surface area contributed by atoms with Crippen LogP contribution in [0.4, 0.5) is 10.5 Å². The van der Waals surface area contributed by atoms with Gasteiger partial charge in [-0.1, -0.05) is 24.3 Å². The first-order valence-corrected chi connectivity index (χ1v) is 12.3. The lowest BCUT2D eigenvalue weighted by atomic mass is 10.0. The molecule has 0 atom stereocenters. The van der Waals surface area contributed by atoms with Gasteiger partial charge in [0.25, 0.3) is 16.4 Å². The number of benzene rings is 2. The fourth-order valence-electron chi connectivity index (χ4n) is 3.43. The van der Waals surface area contributed by atoms with Crippen molar-refractivity contribution >= 4 is 21.9 Å². The van der Waals surface area contributed by atoms with E-state index >= 15 is 0 Å². The maximum absolute atomic E-state index is 12.1. The molecule has 0 saturated carbocycles. The highest BCUT2D eigenvalue weighted by molar-refractivity contribution is 7.85. The molecule has 0 unspecified atom stereocenters. The molecule has 1 amide bonds. The molecule has 0 aliphatic carbocycles. The van der Waals surface area contributed by atoms with E-state index in [4.69, 9.17) is 19.3 Å². The van der Waals surface area contributed by atoms with Crippen LogP contribution in [0.5, 0.6) is 5.75 Å². The summed E-state index contributed by atoms with van der Waals surface area (Å²) in [5, 5.41) is 11.2. The Morgan fingerprint density at radius 3 is 2.12 bits per heavy atom. The van der Waals surface area contributed by atoms with E-state index in [0.29, 0.717) is 42.0 Å². The molecule has 0 spiro atoms. The number of quaternary nitrogens is 1. The first-order valence-electron chi connectivity index (χ1n) is 10.7. The Labute approximate surface area is 194 Å². The van der Waals surface area contributed by atoms with E-state index in [0.717, 1.165) is 11.1 Å². The van der Waals surface area contributed by atoms with Gasteiger partial charge in [0.2, 0.25) is 0 Å². The summed E-state index contributed by atoms with van der Waals surface area (Å²) < 4.78 is 41.7. The van der Waals surface area contributed by atoms with E-state index in [9.17, 15) is 13.2 Å². The average molecular weight is 477 g/mol. The summed E-state index contributed by atoms with van der Waals surface area (Å²) in [6.45, 7) is 6.02. The van der Waals surface area contributed by atoms with Crippen LogP contribution in [0.25, 0.3) is 0 Å². The van der Waals surface area contributed by atoms with E-state index in [-0.39, 0.29) is 18.9 Å². The summed E-state index contributed by atoms with van der Waals surface area (Å²) in [5.41, 5.74) is 2.71. The third kappa shape index (κ3) is 9.10. The van der Waals surface area contributed by atoms with Crippen LogP contribution in [0, 0.1) is 11.5 Å². The summed E-state index contributed by atoms with van der Waals surface area (Å²) >= 11 is 0. The third-order valence-electron chi connectivity index (χ3n) is 5.66. The average Bonchev–Trinajstić information content (AvgIpc) is 2.78. The van der Waals surface area contributed by atoms with Gasteiger partial charge in [0.05, 0.1) is 19.6 Å². The summed E-state index contributed by atoms with van der Waals surface area (Å²) in [6.07, 6.45) is 1.74. The summed E-state index contributed by atoms with van der Waals surface area (Å²) in [4.78, 5) is 12.1. The standard InChI is InChI=1S/C23H29N3O6S/c1-3-26(4-2,14-16-33(28,29)30)13-15-31-23(27)25-21-9-5-19(6-10-21)17-20-7-11-22(12-8-20)32-18-24/h5-12H,3-4,13-17H2,1-2H3,(H-,25,27,28,29,30)/p+1. The van der Waals surface area contributed by atoms with Crippen LogP contribution < -0.4 is 10.1 Å². The third-order valence-corrected chi connectivity index (χ3v) is 6.36. The highest BCUT2D eigenvalue weighted by atomic mass is 32.2. The minimum absolute atomic E-state index is 0.128. The number of hydrogen-bond acceptors (Lipinski definition) is 6. The van der Waals surface area contributed by atoms with Crippen molar-refractivity contribution in [2.24, 2.45) is 0 Å². The Kier molecular flexibility index (Phi) is 9.66. The van der Waals surface area contributed by atoms with Crippen LogP contribution in [-0.4, -0.2) is 62.1 Å². The summed E-state index contributed by atoms with van der Waals surface area (Å²) in [5.74, 6) is 0.164. The largest absolute Gasteiger partial charge is 0.443 e. The number of amides is 1. The Bertz CT molecular complexity index is 1040. The van der Waals surface area contributed by atoms with Crippen LogP contribution in [-0.2, 0) is 21.3 Å². The van der Waals surface area contributed by atoms with Crippen molar-refractivity contribution in [3.63, 3.8) is 0 Å². The number of likely N-dealkylation sites (N-methyl/N-ethyl adjacent to an activating group) is 1. The van der Waals surface area contributed by atoms with Gasteiger partial charge in [0, 0.05) is 5.69 Å². The van der Waals surface area contributed by atoms with E-state index < -0.39 is 16.2 Å². The van der Waals surface area contributed by atoms with Crippen LogP contribution in [0.3, 0.4) is 0 Å². The number of carbonyl (C=O) groups is 1. The van der Waals surface area contributed by atoms with Gasteiger partial charge in [-0.05, 0) is 55.7 Å². The quantitative estimate of drug-likeness (QED) is 0.273. The zero-order valence-electron chi connectivity index (χ0n) is 18.9. The van der Waals surface area contributed by atoms with Crippen LogP contribution >= 0.6 is 0 Å². The molecule has 0 fully saturated rings. The maximum atomic E-state index is 12.1. The van der Waals surface area contributed by atoms with E-state index in [1.807, 2.05) is 38.1 Å². The lowest BCUT2D eigenvalue weighted by Crippen LogP contribution is -2.52. The summed E-state index contributed by atoms with van der Waals surface area (Å²) in [7, 11) is -4.04. The highest BCUT2D eigenvalue weighted by Gasteiger charge is 2.26. The number of nitriles is 1. The van der Waals surface area contributed by atoms with Gasteiger partial charge in [-0.15, -0.1) is 5.26 Å². The molecule has 2 aromatic carbocycles. The second kappa shape index (κ2) is 12.2. The second-order valence-electron chi connectivity index (χ2n) is 7.68. The van der Waals surface area contributed by atoms with Crippen molar-refractivity contribution in [1.82, 2.24) is 0 Å². The van der Waals surface area contributed by atoms with Crippen molar-refractivity contribution in [2.45, 2.75) is 20.3 Å². The molecule has 0 saturated heterocycles. The number of ether oxygens (including phenoxy) is 2. The van der Waals surface area contributed by atoms with Crippen molar-refractivity contribution in [3.05, 3.63) is 59.7 Å². The fourth-order valence-corrected chi connectivity index (χ4v) is 4.05. The molecule has 0 bridgehead atoms. The van der Waals surface area contributed by atoms with Gasteiger partial charge >= 0.3 is 6.09 Å². The summed E-state index contributed by atoms with van der Waals surface area (Å²) in [6, 6.07) is 14.6. The molecule has 178 valence electrons. The molecule has 33 heavy (non-hydrogen) atoms. The number of rotatable bonds is 12. The Hall–Kier alpha value is -3.13. The topological polar surface area (TPSA) is 126 Å². The van der Waals surface area contributed by atoms with Crippen LogP contribution in [0.15, 0.2) is 48.5 Å². The molecule has 0 aliphatic rings. The van der Waals surface area contributed by atoms with E-state index in [1.165, 1.54) is 0 Å². The van der Waals surface area contributed by atoms with Gasteiger partial charge in [-0.2, -0.15) is 8.42 Å². The lowest BCUT2D eigenvalue weighted by Gasteiger charge is -2.36. The minimum atomic E-state index is -4.04. The monoisotopic (exact) mass is 476 g/mol. The molecule has 0 radical (unpaired) electrons. The zero-order chi connectivity index (χ0) is 24.3. The fraction of sp³-hybridized carbons (Fsp3) is 0.391. The molecule has 2 N–H and O–H groups in total. The molecular weight excluding hydrogens is 446 g/mol. The van der Waals surface area contributed by atoms with E-state index in [2.05, 4.69) is 5.32 Å². The normalized spacial score (nSPS) is 11.5. The molecule has 10 heteroatoms. The maximum Gasteiger partial charge on any atom is 0.411 e. The number of hydrogen-bond donors (Lipinski definition) is 2. The number of anilines is 1.